The normalized spacial score (nSPS) is 14.6. The number of hydrogen-bond acceptors (Lipinski definition) is 4. The zero-order valence-electron chi connectivity index (χ0n) is 13.6. The summed E-state index contributed by atoms with van der Waals surface area (Å²) < 4.78 is 27.0. The quantitative estimate of drug-likeness (QED) is 0.831. The standard InChI is InChI=1S/C18H19N3O3S/c22-18-11-10-17(19-20-18)15-6-8-16(9-7-15)21-25(23,24)13-12-14-4-2-1-3-5-14/h1-9,21H,10-13H2,(H,20,22). The average Bonchev–Trinajstić information content (AvgIpc) is 2.62. The van der Waals surface area contributed by atoms with E-state index in [9.17, 15) is 13.2 Å². The van der Waals surface area contributed by atoms with Crippen molar-refractivity contribution in [3.8, 4) is 0 Å². The molecule has 0 saturated carbocycles. The van der Waals surface area contributed by atoms with E-state index >= 15 is 0 Å². The molecule has 3 rings (SSSR count). The molecule has 1 aliphatic rings. The monoisotopic (exact) mass is 357 g/mol. The molecule has 0 fully saturated rings. The maximum atomic E-state index is 12.2. The highest BCUT2D eigenvalue weighted by atomic mass is 32.2. The van der Waals surface area contributed by atoms with Crippen LogP contribution in [0, 0.1) is 0 Å². The van der Waals surface area contributed by atoms with Gasteiger partial charge in [0.1, 0.15) is 0 Å². The predicted octanol–water partition coefficient (Wildman–Crippen LogP) is 2.29. The van der Waals surface area contributed by atoms with Crippen LogP contribution < -0.4 is 10.1 Å². The van der Waals surface area contributed by atoms with Crippen LogP contribution in [-0.2, 0) is 21.2 Å². The first-order chi connectivity index (χ1) is 12.0. The number of anilines is 1. The number of nitrogens with one attached hydrogen (secondary N) is 2. The van der Waals surface area contributed by atoms with Gasteiger partial charge in [-0.25, -0.2) is 13.8 Å². The van der Waals surface area contributed by atoms with Gasteiger partial charge in [-0.2, -0.15) is 5.10 Å². The van der Waals surface area contributed by atoms with Crippen LogP contribution in [0.3, 0.4) is 0 Å². The Balaban J connectivity index is 1.61. The van der Waals surface area contributed by atoms with Gasteiger partial charge in [-0.1, -0.05) is 42.5 Å². The SMILES string of the molecule is O=C1CCC(c2ccc(NS(=O)(=O)CCc3ccccc3)cc2)=NN1. The first-order valence-electron chi connectivity index (χ1n) is 8.02. The van der Waals surface area contributed by atoms with E-state index in [1.807, 2.05) is 30.3 Å². The van der Waals surface area contributed by atoms with Crippen molar-refractivity contribution in [2.45, 2.75) is 19.3 Å². The van der Waals surface area contributed by atoms with Gasteiger partial charge in [0.25, 0.3) is 0 Å². The molecule has 2 aromatic carbocycles. The molecule has 2 N–H and O–H groups in total. The van der Waals surface area contributed by atoms with Crippen LogP contribution in [0.2, 0.25) is 0 Å². The topological polar surface area (TPSA) is 87.6 Å². The molecule has 1 amide bonds. The number of carbonyl (C=O) groups excluding carboxylic acids is 1. The lowest BCUT2D eigenvalue weighted by Crippen LogP contribution is -2.25. The van der Waals surface area contributed by atoms with Gasteiger partial charge < -0.3 is 0 Å². The summed E-state index contributed by atoms with van der Waals surface area (Å²) in [6, 6.07) is 16.5. The van der Waals surface area contributed by atoms with Gasteiger partial charge in [-0.05, 0) is 29.7 Å². The number of benzene rings is 2. The van der Waals surface area contributed by atoms with Gasteiger partial charge in [-0.15, -0.1) is 0 Å². The largest absolute Gasteiger partial charge is 0.284 e. The lowest BCUT2D eigenvalue weighted by molar-refractivity contribution is -0.121. The maximum absolute atomic E-state index is 12.2. The van der Waals surface area contributed by atoms with Crippen LogP contribution in [0.5, 0.6) is 0 Å². The number of hydrogen-bond donors (Lipinski definition) is 2. The molecular weight excluding hydrogens is 338 g/mol. The fraction of sp³-hybridized carbons (Fsp3) is 0.222. The maximum Gasteiger partial charge on any atom is 0.240 e. The van der Waals surface area contributed by atoms with Crippen LogP contribution >= 0.6 is 0 Å². The highest BCUT2D eigenvalue weighted by molar-refractivity contribution is 7.92. The molecule has 0 bridgehead atoms. The summed E-state index contributed by atoms with van der Waals surface area (Å²) in [5.74, 6) is -0.0659. The highest BCUT2D eigenvalue weighted by Gasteiger charge is 2.14. The molecule has 25 heavy (non-hydrogen) atoms. The molecule has 0 saturated heterocycles. The predicted molar refractivity (Wildman–Crippen MR) is 97.9 cm³/mol. The third-order valence-electron chi connectivity index (χ3n) is 3.90. The van der Waals surface area contributed by atoms with Gasteiger partial charge >= 0.3 is 0 Å². The summed E-state index contributed by atoms with van der Waals surface area (Å²) in [6.07, 6.45) is 1.45. The Hall–Kier alpha value is -2.67. The molecule has 0 aliphatic carbocycles. The number of sulfonamides is 1. The first-order valence-corrected chi connectivity index (χ1v) is 9.67. The third-order valence-corrected chi connectivity index (χ3v) is 5.19. The minimum Gasteiger partial charge on any atom is -0.284 e. The summed E-state index contributed by atoms with van der Waals surface area (Å²) in [5, 5.41) is 4.03. The second-order valence-electron chi connectivity index (χ2n) is 5.83. The number of hydrazone groups is 1. The molecule has 6 nitrogen and oxygen atoms in total. The van der Waals surface area contributed by atoms with E-state index in [0.717, 1.165) is 16.8 Å². The number of carbonyl (C=O) groups is 1. The Morgan fingerprint density at radius 2 is 1.72 bits per heavy atom. The van der Waals surface area contributed by atoms with E-state index < -0.39 is 10.0 Å². The molecule has 0 atom stereocenters. The molecule has 1 heterocycles. The molecule has 0 spiro atoms. The Morgan fingerprint density at radius 1 is 1.00 bits per heavy atom. The van der Waals surface area contributed by atoms with Crippen LogP contribution in [0.15, 0.2) is 59.7 Å². The summed E-state index contributed by atoms with van der Waals surface area (Å²) in [5.41, 5.74) is 5.61. The van der Waals surface area contributed by atoms with Gasteiger partial charge in [0.15, 0.2) is 0 Å². The smallest absolute Gasteiger partial charge is 0.240 e. The molecule has 1 aliphatic heterocycles. The highest BCUT2D eigenvalue weighted by Crippen LogP contribution is 2.15. The first kappa shape index (κ1) is 17.2. The summed E-state index contributed by atoms with van der Waals surface area (Å²) in [4.78, 5) is 11.1. The van der Waals surface area contributed by atoms with Crippen LogP contribution in [0.4, 0.5) is 5.69 Å². The van der Waals surface area contributed by atoms with Crippen molar-refractivity contribution < 1.29 is 13.2 Å². The Labute approximate surface area is 147 Å². The molecule has 0 aromatic heterocycles. The van der Waals surface area contributed by atoms with Crippen molar-refractivity contribution in [1.29, 1.82) is 0 Å². The Morgan fingerprint density at radius 3 is 2.36 bits per heavy atom. The van der Waals surface area contributed by atoms with Crippen LogP contribution in [-0.4, -0.2) is 25.8 Å². The average molecular weight is 357 g/mol. The molecular formula is C18H19N3O3S. The Bertz CT molecular complexity index is 876. The molecule has 0 radical (unpaired) electrons. The van der Waals surface area contributed by atoms with E-state index in [1.54, 1.807) is 24.3 Å². The third kappa shape index (κ3) is 4.90. The minimum absolute atomic E-state index is 0.0253. The number of nitrogens with zero attached hydrogens (tertiary/aromatic N) is 1. The van der Waals surface area contributed by atoms with Crippen molar-refractivity contribution in [2.75, 3.05) is 10.5 Å². The zero-order chi connectivity index (χ0) is 17.7. The van der Waals surface area contributed by atoms with E-state index in [1.165, 1.54) is 0 Å². The van der Waals surface area contributed by atoms with Gasteiger partial charge in [0.05, 0.1) is 11.5 Å². The molecule has 130 valence electrons. The second-order valence-corrected chi connectivity index (χ2v) is 7.67. The van der Waals surface area contributed by atoms with E-state index in [4.69, 9.17) is 0 Å². The van der Waals surface area contributed by atoms with Crippen LogP contribution in [0.25, 0.3) is 0 Å². The van der Waals surface area contributed by atoms with Crippen molar-refractivity contribution in [1.82, 2.24) is 5.43 Å². The zero-order valence-corrected chi connectivity index (χ0v) is 14.4. The number of aryl methyl sites for hydroxylation is 1. The Kier molecular flexibility index (Phi) is 5.14. The van der Waals surface area contributed by atoms with Crippen molar-refractivity contribution in [3.63, 3.8) is 0 Å². The number of rotatable bonds is 6. The van der Waals surface area contributed by atoms with Crippen molar-refractivity contribution in [2.24, 2.45) is 5.10 Å². The van der Waals surface area contributed by atoms with E-state index in [0.29, 0.717) is 24.9 Å². The summed E-state index contributed by atoms with van der Waals surface area (Å²) >= 11 is 0. The lowest BCUT2D eigenvalue weighted by atomic mass is 10.0. The molecule has 7 heteroatoms. The van der Waals surface area contributed by atoms with E-state index in [-0.39, 0.29) is 11.7 Å². The van der Waals surface area contributed by atoms with Gasteiger partial charge in [0, 0.05) is 18.5 Å². The van der Waals surface area contributed by atoms with Crippen molar-refractivity contribution in [3.05, 3.63) is 65.7 Å². The van der Waals surface area contributed by atoms with Gasteiger partial charge in [-0.3, -0.25) is 9.52 Å². The van der Waals surface area contributed by atoms with E-state index in [2.05, 4.69) is 15.2 Å². The summed E-state index contributed by atoms with van der Waals surface area (Å²) in [6.45, 7) is 0. The van der Waals surface area contributed by atoms with Gasteiger partial charge in [0.2, 0.25) is 15.9 Å². The fourth-order valence-corrected chi connectivity index (χ4v) is 3.64. The van der Waals surface area contributed by atoms with Crippen LogP contribution in [0.1, 0.15) is 24.0 Å². The fourth-order valence-electron chi connectivity index (χ4n) is 2.54. The number of amides is 1. The summed E-state index contributed by atoms with van der Waals surface area (Å²) in [7, 11) is -3.42. The second kappa shape index (κ2) is 7.48. The molecule has 0 unspecified atom stereocenters. The minimum atomic E-state index is -3.42. The lowest BCUT2D eigenvalue weighted by Gasteiger charge is -2.13. The van der Waals surface area contributed by atoms with Crippen molar-refractivity contribution >= 4 is 27.3 Å². The molecule has 2 aromatic rings.